The zero-order valence-electron chi connectivity index (χ0n) is 13.7. The van der Waals surface area contributed by atoms with E-state index >= 15 is 0 Å². The summed E-state index contributed by atoms with van der Waals surface area (Å²) in [4.78, 5) is 13.9. The van der Waals surface area contributed by atoms with Crippen LogP contribution in [-0.2, 0) is 6.42 Å². The van der Waals surface area contributed by atoms with E-state index in [2.05, 4.69) is 36.1 Å². The molecule has 0 radical (unpaired) electrons. The number of nitrogens with zero attached hydrogens (tertiary/aromatic N) is 1. The molecule has 2 aromatic rings. The highest BCUT2D eigenvalue weighted by molar-refractivity contribution is 5.94. The summed E-state index contributed by atoms with van der Waals surface area (Å²) in [6, 6.07) is 16.8. The molecule has 1 amide bonds. The van der Waals surface area contributed by atoms with E-state index in [-0.39, 0.29) is 5.91 Å². The van der Waals surface area contributed by atoms with Crippen LogP contribution >= 0.6 is 0 Å². The number of benzene rings is 2. The fraction of sp³-hybridized carbons (Fsp3) is 0.350. The molecule has 1 aliphatic heterocycles. The van der Waals surface area contributed by atoms with Crippen molar-refractivity contribution in [3.05, 3.63) is 59.7 Å². The fourth-order valence-electron chi connectivity index (χ4n) is 3.31. The highest BCUT2D eigenvalue weighted by Crippen LogP contribution is 2.22. The highest BCUT2D eigenvalue weighted by Gasteiger charge is 2.19. The van der Waals surface area contributed by atoms with Gasteiger partial charge in [0.15, 0.2) is 0 Å². The maximum Gasteiger partial charge on any atom is 0.248 e. The summed E-state index contributed by atoms with van der Waals surface area (Å²) < 4.78 is 0. The maximum absolute atomic E-state index is 11.3. The smallest absolute Gasteiger partial charge is 0.248 e. The van der Waals surface area contributed by atoms with E-state index in [1.54, 1.807) is 6.07 Å². The van der Waals surface area contributed by atoms with Gasteiger partial charge in [-0.3, -0.25) is 4.79 Å². The van der Waals surface area contributed by atoms with E-state index in [1.807, 2.05) is 18.2 Å². The van der Waals surface area contributed by atoms with E-state index in [0.717, 1.165) is 30.1 Å². The van der Waals surface area contributed by atoms with Gasteiger partial charge in [-0.25, -0.2) is 0 Å². The lowest BCUT2D eigenvalue weighted by molar-refractivity contribution is 0.100. The van der Waals surface area contributed by atoms with Crippen LogP contribution in [0.2, 0.25) is 0 Å². The average molecular weight is 308 g/mol. The van der Waals surface area contributed by atoms with Crippen molar-refractivity contribution < 1.29 is 4.79 Å². The molecule has 120 valence electrons. The number of rotatable bonds is 5. The first kappa shape index (κ1) is 15.8. The maximum atomic E-state index is 11.3. The molecule has 3 nitrogen and oxygen atoms in total. The molecule has 2 N–H and O–H groups in total. The van der Waals surface area contributed by atoms with Crippen LogP contribution in [0.5, 0.6) is 0 Å². The zero-order valence-corrected chi connectivity index (χ0v) is 13.7. The Kier molecular flexibility index (Phi) is 4.77. The van der Waals surface area contributed by atoms with Gasteiger partial charge in [-0.15, -0.1) is 0 Å². The van der Waals surface area contributed by atoms with Crippen molar-refractivity contribution in [2.24, 2.45) is 5.73 Å². The topological polar surface area (TPSA) is 46.3 Å². The van der Waals surface area contributed by atoms with Crippen molar-refractivity contribution in [1.82, 2.24) is 4.90 Å². The number of carbonyl (C=O) groups excluding carboxylic acids is 1. The number of primary amides is 1. The normalized spacial score (nSPS) is 18.2. The number of hydrogen-bond acceptors (Lipinski definition) is 2. The number of hydrogen-bond donors (Lipinski definition) is 1. The highest BCUT2D eigenvalue weighted by atomic mass is 16.1. The van der Waals surface area contributed by atoms with Gasteiger partial charge in [0.1, 0.15) is 0 Å². The zero-order chi connectivity index (χ0) is 16.2. The van der Waals surface area contributed by atoms with Crippen LogP contribution in [-0.4, -0.2) is 29.9 Å². The fourth-order valence-corrected chi connectivity index (χ4v) is 3.31. The first-order valence-corrected chi connectivity index (χ1v) is 8.37. The average Bonchev–Trinajstić information content (AvgIpc) is 2.98. The van der Waals surface area contributed by atoms with Gasteiger partial charge in [0.05, 0.1) is 0 Å². The first-order valence-electron chi connectivity index (χ1n) is 8.37. The number of amides is 1. The molecule has 0 spiro atoms. The minimum atomic E-state index is -0.386. The molecule has 1 atom stereocenters. The Hall–Kier alpha value is -2.13. The summed E-state index contributed by atoms with van der Waals surface area (Å²) in [6.45, 7) is 4.69. The second-order valence-electron chi connectivity index (χ2n) is 6.42. The summed E-state index contributed by atoms with van der Waals surface area (Å²) in [6.07, 6.45) is 3.75. The lowest BCUT2D eigenvalue weighted by Crippen LogP contribution is -2.28. The van der Waals surface area contributed by atoms with Gasteiger partial charge in [-0.05, 0) is 61.6 Å². The molecule has 0 unspecified atom stereocenters. The van der Waals surface area contributed by atoms with Crippen LogP contribution in [0.15, 0.2) is 48.5 Å². The van der Waals surface area contributed by atoms with Crippen LogP contribution in [0.1, 0.15) is 35.7 Å². The minimum absolute atomic E-state index is 0.386. The van der Waals surface area contributed by atoms with Crippen LogP contribution in [0.25, 0.3) is 11.1 Å². The Labute approximate surface area is 138 Å². The van der Waals surface area contributed by atoms with E-state index in [1.165, 1.54) is 24.9 Å². The largest absolute Gasteiger partial charge is 0.366 e. The third kappa shape index (κ3) is 3.80. The summed E-state index contributed by atoms with van der Waals surface area (Å²) >= 11 is 0. The van der Waals surface area contributed by atoms with Crippen LogP contribution in [0, 0.1) is 0 Å². The lowest BCUT2D eigenvalue weighted by Gasteiger charge is -2.20. The molecule has 1 fully saturated rings. The Morgan fingerprint density at radius 2 is 1.96 bits per heavy atom. The molecular weight excluding hydrogens is 284 g/mol. The number of likely N-dealkylation sites (tertiary alicyclic amines) is 1. The van der Waals surface area contributed by atoms with Gasteiger partial charge < -0.3 is 10.6 Å². The van der Waals surface area contributed by atoms with Crippen molar-refractivity contribution in [2.45, 2.75) is 32.2 Å². The van der Waals surface area contributed by atoms with E-state index < -0.39 is 0 Å². The van der Waals surface area contributed by atoms with Gasteiger partial charge in [0.2, 0.25) is 5.91 Å². The van der Waals surface area contributed by atoms with Gasteiger partial charge in [-0.1, -0.05) is 36.4 Å². The molecule has 1 saturated heterocycles. The molecule has 0 saturated carbocycles. The Morgan fingerprint density at radius 3 is 2.61 bits per heavy atom. The van der Waals surface area contributed by atoms with Crippen LogP contribution < -0.4 is 5.73 Å². The van der Waals surface area contributed by atoms with E-state index in [4.69, 9.17) is 5.73 Å². The second-order valence-corrected chi connectivity index (χ2v) is 6.42. The van der Waals surface area contributed by atoms with Crippen molar-refractivity contribution in [2.75, 3.05) is 13.1 Å². The molecule has 0 bridgehead atoms. The monoisotopic (exact) mass is 308 g/mol. The summed E-state index contributed by atoms with van der Waals surface area (Å²) in [5.41, 5.74) is 9.41. The van der Waals surface area contributed by atoms with Crippen molar-refractivity contribution in [1.29, 1.82) is 0 Å². The van der Waals surface area contributed by atoms with Gasteiger partial charge in [0.25, 0.3) is 0 Å². The summed E-state index contributed by atoms with van der Waals surface area (Å²) in [5, 5.41) is 0. The molecule has 3 rings (SSSR count). The molecule has 0 aliphatic carbocycles. The first-order chi connectivity index (χ1) is 11.1. The lowest BCUT2D eigenvalue weighted by atomic mass is 10.0. The standard InChI is InChI=1S/C20H24N2O/c1-15-4-3-12-22(15)13-11-16-7-9-17(10-8-16)18-5-2-6-19(14-18)20(21)23/h2,5-10,14-15H,3-4,11-13H2,1H3,(H2,21,23)/t15-/m1/s1. The summed E-state index contributed by atoms with van der Waals surface area (Å²) in [5.74, 6) is -0.386. The van der Waals surface area contributed by atoms with Crippen LogP contribution in [0.4, 0.5) is 0 Å². The molecule has 0 aromatic heterocycles. The SMILES string of the molecule is C[C@@H]1CCCN1CCc1ccc(-c2cccc(C(N)=O)c2)cc1. The molecule has 23 heavy (non-hydrogen) atoms. The van der Waals surface area contributed by atoms with Crippen molar-refractivity contribution in [3.63, 3.8) is 0 Å². The van der Waals surface area contributed by atoms with Crippen LogP contribution in [0.3, 0.4) is 0 Å². The molecule has 2 aromatic carbocycles. The third-order valence-corrected chi connectivity index (χ3v) is 4.81. The summed E-state index contributed by atoms with van der Waals surface area (Å²) in [7, 11) is 0. The van der Waals surface area contributed by atoms with Gasteiger partial charge >= 0.3 is 0 Å². The number of nitrogens with two attached hydrogens (primary N) is 1. The predicted molar refractivity (Wildman–Crippen MR) is 94.4 cm³/mol. The molecular formula is C20H24N2O. The third-order valence-electron chi connectivity index (χ3n) is 4.81. The van der Waals surface area contributed by atoms with E-state index in [0.29, 0.717) is 5.56 Å². The second kappa shape index (κ2) is 6.97. The minimum Gasteiger partial charge on any atom is -0.366 e. The van der Waals surface area contributed by atoms with Gasteiger partial charge in [0, 0.05) is 18.2 Å². The Bertz CT molecular complexity index is 678. The van der Waals surface area contributed by atoms with Crippen molar-refractivity contribution >= 4 is 5.91 Å². The quantitative estimate of drug-likeness (QED) is 0.919. The van der Waals surface area contributed by atoms with Crippen molar-refractivity contribution in [3.8, 4) is 11.1 Å². The van der Waals surface area contributed by atoms with E-state index in [9.17, 15) is 4.79 Å². The Balaban J connectivity index is 1.67. The number of carbonyl (C=O) groups is 1. The van der Waals surface area contributed by atoms with Gasteiger partial charge in [-0.2, -0.15) is 0 Å². The molecule has 1 heterocycles. The predicted octanol–water partition coefficient (Wildman–Crippen LogP) is 3.48. The Morgan fingerprint density at radius 1 is 1.17 bits per heavy atom. The molecule has 1 aliphatic rings. The molecule has 3 heteroatoms.